The Kier molecular flexibility index (Phi) is 2.99. The second kappa shape index (κ2) is 4.43. The van der Waals surface area contributed by atoms with Gasteiger partial charge < -0.3 is 5.11 Å². The summed E-state index contributed by atoms with van der Waals surface area (Å²) in [5.41, 5.74) is 1.93. The minimum absolute atomic E-state index is 0.542. The summed E-state index contributed by atoms with van der Waals surface area (Å²) in [4.78, 5) is 0.955. The summed E-state index contributed by atoms with van der Waals surface area (Å²) in [5, 5.41) is 12.1. The van der Waals surface area contributed by atoms with Gasteiger partial charge in [-0.05, 0) is 22.6 Å². The third-order valence-electron chi connectivity index (χ3n) is 2.31. The molecular weight excluding hydrogens is 204 g/mol. The number of benzene rings is 1. The summed E-state index contributed by atoms with van der Waals surface area (Å²) >= 11 is 1.56. The molecule has 1 aromatic carbocycles. The molecule has 1 aromatic heterocycles. The Balaban J connectivity index is 2.36. The highest BCUT2D eigenvalue weighted by Gasteiger charge is 2.13. The molecule has 0 saturated carbocycles. The molecule has 0 spiro atoms. The fourth-order valence-electron chi connectivity index (χ4n) is 1.51. The highest BCUT2D eigenvalue weighted by molar-refractivity contribution is 7.10. The molecule has 0 aliphatic carbocycles. The topological polar surface area (TPSA) is 20.2 Å². The van der Waals surface area contributed by atoms with Crippen LogP contribution in [0.3, 0.4) is 0 Å². The summed E-state index contributed by atoms with van der Waals surface area (Å²) in [6, 6.07) is 11.6. The van der Waals surface area contributed by atoms with Gasteiger partial charge in [-0.1, -0.05) is 43.0 Å². The van der Waals surface area contributed by atoms with Crippen LogP contribution in [0.4, 0.5) is 0 Å². The van der Waals surface area contributed by atoms with E-state index in [1.165, 1.54) is 0 Å². The van der Waals surface area contributed by atoms with E-state index in [4.69, 9.17) is 0 Å². The van der Waals surface area contributed by atoms with Crippen molar-refractivity contribution in [1.29, 1.82) is 0 Å². The minimum atomic E-state index is -0.542. The summed E-state index contributed by atoms with van der Waals surface area (Å²) in [7, 11) is 0. The predicted molar refractivity (Wildman–Crippen MR) is 64.9 cm³/mol. The van der Waals surface area contributed by atoms with Crippen LogP contribution in [0.1, 0.15) is 22.1 Å². The van der Waals surface area contributed by atoms with Crippen LogP contribution in [0.25, 0.3) is 6.08 Å². The molecule has 1 heterocycles. The average Bonchev–Trinajstić information content (AvgIpc) is 2.77. The van der Waals surface area contributed by atoms with Crippen LogP contribution in [0, 0.1) is 0 Å². The average molecular weight is 216 g/mol. The molecule has 0 saturated heterocycles. The molecule has 0 amide bonds. The van der Waals surface area contributed by atoms with Crippen molar-refractivity contribution in [3.05, 3.63) is 64.4 Å². The molecular formula is C13H12OS. The van der Waals surface area contributed by atoms with Crippen molar-refractivity contribution in [3.63, 3.8) is 0 Å². The molecule has 76 valence electrons. The molecule has 2 aromatic rings. The van der Waals surface area contributed by atoms with Crippen molar-refractivity contribution in [2.24, 2.45) is 0 Å². The molecule has 15 heavy (non-hydrogen) atoms. The number of aliphatic hydroxyl groups excluding tert-OH is 1. The Bertz CT molecular complexity index is 445. The van der Waals surface area contributed by atoms with Crippen LogP contribution in [0.2, 0.25) is 0 Å². The van der Waals surface area contributed by atoms with E-state index in [9.17, 15) is 5.11 Å². The monoisotopic (exact) mass is 216 g/mol. The molecule has 2 heteroatoms. The van der Waals surface area contributed by atoms with E-state index >= 15 is 0 Å². The maximum Gasteiger partial charge on any atom is 0.114 e. The van der Waals surface area contributed by atoms with Gasteiger partial charge in [-0.15, -0.1) is 11.3 Å². The first-order valence-corrected chi connectivity index (χ1v) is 5.63. The van der Waals surface area contributed by atoms with Crippen molar-refractivity contribution in [3.8, 4) is 0 Å². The Morgan fingerprint density at radius 3 is 2.60 bits per heavy atom. The smallest absolute Gasteiger partial charge is 0.114 e. The lowest BCUT2D eigenvalue weighted by Gasteiger charge is -2.10. The van der Waals surface area contributed by atoms with Crippen LogP contribution in [-0.4, -0.2) is 5.11 Å². The molecule has 2 rings (SSSR count). The van der Waals surface area contributed by atoms with E-state index in [1.54, 1.807) is 17.4 Å². The summed E-state index contributed by atoms with van der Waals surface area (Å²) in [6.07, 6.45) is 1.23. The first kappa shape index (κ1) is 10.1. The normalized spacial score (nSPS) is 12.3. The largest absolute Gasteiger partial charge is 0.383 e. The van der Waals surface area contributed by atoms with Gasteiger partial charge in [-0.25, -0.2) is 0 Å². The maximum absolute atomic E-state index is 10.2. The fourth-order valence-corrected chi connectivity index (χ4v) is 2.42. The lowest BCUT2D eigenvalue weighted by molar-refractivity contribution is 0.224. The zero-order chi connectivity index (χ0) is 10.7. The van der Waals surface area contributed by atoms with Crippen LogP contribution >= 0.6 is 11.3 Å². The van der Waals surface area contributed by atoms with Gasteiger partial charge in [0.05, 0.1) is 0 Å². The van der Waals surface area contributed by atoms with Crippen molar-refractivity contribution in [1.82, 2.24) is 0 Å². The van der Waals surface area contributed by atoms with E-state index in [1.807, 2.05) is 41.8 Å². The number of hydrogen-bond acceptors (Lipinski definition) is 2. The van der Waals surface area contributed by atoms with Crippen LogP contribution < -0.4 is 0 Å². The first-order chi connectivity index (χ1) is 7.33. The van der Waals surface area contributed by atoms with Crippen molar-refractivity contribution < 1.29 is 5.11 Å². The third kappa shape index (κ3) is 2.01. The summed E-state index contributed by atoms with van der Waals surface area (Å²) in [6.45, 7) is 3.74. The molecule has 1 unspecified atom stereocenters. The van der Waals surface area contributed by atoms with Gasteiger partial charge in [-0.2, -0.15) is 0 Å². The molecule has 0 aliphatic rings. The Labute approximate surface area is 93.3 Å². The molecule has 1 N–H and O–H groups in total. The molecule has 1 nitrogen and oxygen atoms in total. The summed E-state index contributed by atoms with van der Waals surface area (Å²) in [5.74, 6) is 0. The third-order valence-corrected chi connectivity index (χ3v) is 3.30. The van der Waals surface area contributed by atoms with Crippen LogP contribution in [-0.2, 0) is 0 Å². The fraction of sp³-hybridized carbons (Fsp3) is 0.0769. The quantitative estimate of drug-likeness (QED) is 0.833. The molecule has 1 atom stereocenters. The van der Waals surface area contributed by atoms with E-state index in [0.29, 0.717) is 0 Å². The van der Waals surface area contributed by atoms with Crippen LogP contribution in [0.5, 0.6) is 0 Å². The number of rotatable bonds is 3. The first-order valence-electron chi connectivity index (χ1n) is 4.75. The van der Waals surface area contributed by atoms with Gasteiger partial charge in [0, 0.05) is 4.88 Å². The SMILES string of the molecule is C=Cc1ccsc1C(O)c1ccccc1. The Morgan fingerprint density at radius 2 is 1.93 bits per heavy atom. The lowest BCUT2D eigenvalue weighted by Crippen LogP contribution is -1.97. The van der Waals surface area contributed by atoms with Gasteiger partial charge in [0.25, 0.3) is 0 Å². The number of hydrogen-bond donors (Lipinski definition) is 1. The maximum atomic E-state index is 10.2. The van der Waals surface area contributed by atoms with Gasteiger partial charge >= 0.3 is 0 Å². The lowest BCUT2D eigenvalue weighted by atomic mass is 10.1. The van der Waals surface area contributed by atoms with E-state index < -0.39 is 6.10 Å². The van der Waals surface area contributed by atoms with E-state index in [2.05, 4.69) is 6.58 Å². The van der Waals surface area contributed by atoms with Crippen LogP contribution in [0.15, 0.2) is 48.4 Å². The second-order valence-corrected chi connectivity index (χ2v) is 4.21. The van der Waals surface area contributed by atoms with Crippen molar-refractivity contribution in [2.75, 3.05) is 0 Å². The predicted octanol–water partition coefficient (Wildman–Crippen LogP) is 3.47. The standard InChI is InChI=1S/C13H12OS/c1-2-10-8-9-15-13(10)12(14)11-6-4-3-5-7-11/h2-9,12,14H,1H2. The highest BCUT2D eigenvalue weighted by Crippen LogP contribution is 2.29. The van der Waals surface area contributed by atoms with Crippen molar-refractivity contribution in [2.45, 2.75) is 6.10 Å². The Hall–Kier alpha value is -1.38. The number of thiophene rings is 1. The second-order valence-electron chi connectivity index (χ2n) is 3.26. The van der Waals surface area contributed by atoms with Gasteiger partial charge in [0.2, 0.25) is 0 Å². The zero-order valence-corrected chi connectivity index (χ0v) is 9.08. The molecule has 0 fully saturated rings. The highest BCUT2D eigenvalue weighted by atomic mass is 32.1. The van der Waals surface area contributed by atoms with Gasteiger partial charge in [-0.3, -0.25) is 0 Å². The molecule has 0 aliphatic heterocycles. The molecule has 0 bridgehead atoms. The van der Waals surface area contributed by atoms with Gasteiger partial charge in [0.1, 0.15) is 6.10 Å². The summed E-state index contributed by atoms with van der Waals surface area (Å²) < 4.78 is 0. The number of aliphatic hydroxyl groups is 1. The minimum Gasteiger partial charge on any atom is -0.383 e. The van der Waals surface area contributed by atoms with E-state index in [-0.39, 0.29) is 0 Å². The zero-order valence-electron chi connectivity index (χ0n) is 8.26. The van der Waals surface area contributed by atoms with Crippen molar-refractivity contribution >= 4 is 17.4 Å². The Morgan fingerprint density at radius 1 is 1.20 bits per heavy atom. The van der Waals surface area contributed by atoms with E-state index in [0.717, 1.165) is 16.0 Å². The van der Waals surface area contributed by atoms with Gasteiger partial charge in [0.15, 0.2) is 0 Å². The molecule has 0 radical (unpaired) electrons.